The highest BCUT2D eigenvalue weighted by atomic mass is 16.5. The van der Waals surface area contributed by atoms with Crippen molar-refractivity contribution in [3.05, 3.63) is 59.9 Å². The highest BCUT2D eigenvalue weighted by Gasteiger charge is 2.29. The second-order valence-corrected chi connectivity index (χ2v) is 7.83. The van der Waals surface area contributed by atoms with Crippen molar-refractivity contribution in [2.75, 3.05) is 19.8 Å². The molecule has 0 spiro atoms. The van der Waals surface area contributed by atoms with E-state index in [0.717, 1.165) is 55.9 Å². The lowest BCUT2D eigenvalue weighted by Crippen LogP contribution is -2.38. The van der Waals surface area contributed by atoms with Crippen LogP contribution in [0.15, 0.2) is 48.7 Å². The number of carbonyl (C=O) groups excluding carboxylic acids is 1. The van der Waals surface area contributed by atoms with E-state index < -0.39 is 0 Å². The number of carbonyl (C=O) groups is 1. The number of pyridine rings is 1. The van der Waals surface area contributed by atoms with Crippen LogP contribution in [0.5, 0.6) is 5.75 Å². The van der Waals surface area contributed by atoms with Crippen LogP contribution >= 0.6 is 0 Å². The summed E-state index contributed by atoms with van der Waals surface area (Å²) in [6.45, 7) is 3.42. The van der Waals surface area contributed by atoms with Crippen LogP contribution in [0.25, 0.3) is 0 Å². The highest BCUT2D eigenvalue weighted by Crippen LogP contribution is 2.29. The molecule has 1 saturated carbocycles. The Morgan fingerprint density at radius 2 is 2.07 bits per heavy atom. The molecule has 1 saturated heterocycles. The summed E-state index contributed by atoms with van der Waals surface area (Å²) in [6.07, 6.45) is 6.01. The van der Waals surface area contributed by atoms with Crippen LogP contribution in [0, 0.1) is 11.8 Å². The molecule has 5 nitrogen and oxygen atoms in total. The summed E-state index contributed by atoms with van der Waals surface area (Å²) < 4.78 is 11.4. The number of rotatable bonds is 8. The Hall–Kier alpha value is -2.40. The van der Waals surface area contributed by atoms with Crippen LogP contribution in [-0.2, 0) is 22.6 Å². The Bertz CT molecular complexity index is 770. The van der Waals surface area contributed by atoms with E-state index in [9.17, 15) is 4.79 Å². The van der Waals surface area contributed by atoms with E-state index in [1.807, 2.05) is 35.2 Å². The van der Waals surface area contributed by atoms with Gasteiger partial charge in [0.2, 0.25) is 5.91 Å². The zero-order valence-electron chi connectivity index (χ0n) is 16.3. The van der Waals surface area contributed by atoms with Gasteiger partial charge in [0.25, 0.3) is 0 Å². The fourth-order valence-electron chi connectivity index (χ4n) is 3.70. The monoisotopic (exact) mass is 380 g/mol. The minimum absolute atomic E-state index is 0.172. The number of nitrogens with zero attached hydrogens (tertiary/aromatic N) is 2. The zero-order chi connectivity index (χ0) is 19.2. The summed E-state index contributed by atoms with van der Waals surface area (Å²) in [5.74, 6) is 1.75. The van der Waals surface area contributed by atoms with Gasteiger partial charge in [-0.3, -0.25) is 9.78 Å². The largest absolute Gasteiger partial charge is 0.493 e. The topological polar surface area (TPSA) is 51.7 Å². The first kappa shape index (κ1) is 18.9. The van der Waals surface area contributed by atoms with Crippen molar-refractivity contribution in [2.45, 2.75) is 38.8 Å². The Labute approximate surface area is 166 Å². The minimum Gasteiger partial charge on any atom is -0.493 e. The lowest BCUT2D eigenvalue weighted by Gasteiger charge is -2.31. The second-order valence-electron chi connectivity index (χ2n) is 7.83. The van der Waals surface area contributed by atoms with E-state index in [4.69, 9.17) is 9.47 Å². The van der Waals surface area contributed by atoms with Crippen molar-refractivity contribution >= 4 is 5.91 Å². The molecule has 1 aromatic heterocycles. The third-order valence-electron chi connectivity index (χ3n) is 5.63. The van der Waals surface area contributed by atoms with Crippen LogP contribution in [-0.4, -0.2) is 35.6 Å². The maximum Gasteiger partial charge on any atom is 0.226 e. The number of amides is 1. The van der Waals surface area contributed by atoms with Crippen molar-refractivity contribution in [3.8, 4) is 5.75 Å². The van der Waals surface area contributed by atoms with Crippen LogP contribution in [0.4, 0.5) is 0 Å². The van der Waals surface area contributed by atoms with Crippen molar-refractivity contribution in [1.29, 1.82) is 0 Å². The van der Waals surface area contributed by atoms with E-state index in [1.54, 1.807) is 6.20 Å². The van der Waals surface area contributed by atoms with E-state index in [2.05, 4.69) is 17.1 Å². The molecule has 4 rings (SSSR count). The number of hydrogen-bond donors (Lipinski definition) is 0. The molecule has 1 aromatic carbocycles. The van der Waals surface area contributed by atoms with Gasteiger partial charge in [0.1, 0.15) is 5.75 Å². The molecule has 1 amide bonds. The third kappa shape index (κ3) is 4.90. The van der Waals surface area contributed by atoms with Gasteiger partial charge < -0.3 is 14.4 Å². The first-order chi connectivity index (χ1) is 13.8. The predicted molar refractivity (Wildman–Crippen MR) is 107 cm³/mol. The predicted octanol–water partition coefficient (Wildman–Crippen LogP) is 3.83. The smallest absolute Gasteiger partial charge is 0.226 e. The number of ether oxygens (including phenoxy) is 2. The average molecular weight is 380 g/mol. The minimum atomic E-state index is 0.172. The summed E-state index contributed by atoms with van der Waals surface area (Å²) in [5, 5.41) is 0. The molecule has 2 aliphatic rings. The second kappa shape index (κ2) is 9.20. The lowest BCUT2D eigenvalue weighted by atomic mass is 9.84. The van der Waals surface area contributed by atoms with Crippen LogP contribution in [0.2, 0.25) is 0 Å². The molecule has 0 bridgehead atoms. The molecule has 0 unspecified atom stereocenters. The Morgan fingerprint density at radius 1 is 1.14 bits per heavy atom. The fourth-order valence-corrected chi connectivity index (χ4v) is 3.70. The maximum absolute atomic E-state index is 13.0. The molecule has 2 heterocycles. The van der Waals surface area contributed by atoms with Gasteiger partial charge in [0.15, 0.2) is 0 Å². The van der Waals surface area contributed by atoms with Crippen molar-refractivity contribution < 1.29 is 14.3 Å². The number of benzene rings is 1. The molecular formula is C23H28N2O3. The summed E-state index contributed by atoms with van der Waals surface area (Å²) in [4.78, 5) is 19.3. The van der Waals surface area contributed by atoms with Gasteiger partial charge in [-0.25, -0.2) is 0 Å². The molecule has 28 heavy (non-hydrogen) atoms. The molecule has 0 N–H and O–H groups in total. The van der Waals surface area contributed by atoms with Gasteiger partial charge in [-0.15, -0.1) is 0 Å². The van der Waals surface area contributed by atoms with Gasteiger partial charge in [-0.1, -0.05) is 24.6 Å². The third-order valence-corrected chi connectivity index (χ3v) is 5.63. The van der Waals surface area contributed by atoms with Gasteiger partial charge in [-0.05, 0) is 49.1 Å². The van der Waals surface area contributed by atoms with Crippen LogP contribution < -0.4 is 4.74 Å². The first-order valence-electron chi connectivity index (χ1n) is 10.3. The molecule has 2 aromatic rings. The zero-order valence-corrected chi connectivity index (χ0v) is 16.3. The Kier molecular flexibility index (Phi) is 6.22. The first-order valence-corrected chi connectivity index (χ1v) is 10.3. The van der Waals surface area contributed by atoms with Crippen LogP contribution in [0.3, 0.4) is 0 Å². The molecular weight excluding hydrogens is 352 g/mol. The van der Waals surface area contributed by atoms with Gasteiger partial charge in [-0.2, -0.15) is 0 Å². The summed E-state index contributed by atoms with van der Waals surface area (Å²) in [6, 6.07) is 13.9. The molecule has 1 aliphatic heterocycles. The lowest BCUT2D eigenvalue weighted by molar-refractivity contribution is -0.139. The summed E-state index contributed by atoms with van der Waals surface area (Å²) in [7, 11) is 0. The molecule has 0 radical (unpaired) electrons. The standard InChI is InChI=1S/C23H28N2O3/c26-23(20-6-4-7-20)25(15-21-8-1-2-11-24-21)14-18-5-3-9-22(13-18)28-17-19-10-12-27-16-19/h1-3,5,8-9,11,13,19-20H,4,6-7,10,12,14-17H2/t19-/m0/s1. The number of hydrogen-bond acceptors (Lipinski definition) is 4. The summed E-state index contributed by atoms with van der Waals surface area (Å²) >= 11 is 0. The van der Waals surface area contributed by atoms with E-state index >= 15 is 0 Å². The molecule has 1 atom stereocenters. The van der Waals surface area contributed by atoms with E-state index in [0.29, 0.717) is 25.6 Å². The normalized spacial score (nSPS) is 19.2. The fraction of sp³-hybridized carbons (Fsp3) is 0.478. The molecule has 2 fully saturated rings. The average Bonchev–Trinajstić information content (AvgIpc) is 3.19. The molecule has 1 aliphatic carbocycles. The summed E-state index contributed by atoms with van der Waals surface area (Å²) in [5.41, 5.74) is 2.01. The van der Waals surface area contributed by atoms with E-state index in [1.165, 1.54) is 0 Å². The van der Waals surface area contributed by atoms with Gasteiger partial charge in [0.05, 0.1) is 25.5 Å². The Balaban J connectivity index is 1.43. The van der Waals surface area contributed by atoms with Gasteiger partial charge >= 0.3 is 0 Å². The quantitative estimate of drug-likeness (QED) is 0.698. The van der Waals surface area contributed by atoms with Crippen LogP contribution in [0.1, 0.15) is 36.9 Å². The molecule has 5 heteroatoms. The van der Waals surface area contributed by atoms with E-state index in [-0.39, 0.29) is 11.8 Å². The van der Waals surface area contributed by atoms with Gasteiger partial charge in [0, 0.05) is 31.2 Å². The SMILES string of the molecule is O=C(C1CCC1)N(Cc1cccc(OC[C@H]2CCOC2)c1)Cc1ccccn1. The maximum atomic E-state index is 13.0. The Morgan fingerprint density at radius 3 is 2.79 bits per heavy atom. The molecule has 148 valence electrons. The van der Waals surface area contributed by atoms with Crippen molar-refractivity contribution in [2.24, 2.45) is 11.8 Å². The number of aromatic nitrogens is 1. The van der Waals surface area contributed by atoms with Crippen molar-refractivity contribution in [1.82, 2.24) is 9.88 Å². The van der Waals surface area contributed by atoms with Crippen molar-refractivity contribution in [3.63, 3.8) is 0 Å². The highest BCUT2D eigenvalue weighted by molar-refractivity contribution is 5.79.